The highest BCUT2D eigenvalue weighted by atomic mass is 35.5. The van der Waals surface area contributed by atoms with Crippen molar-refractivity contribution in [3.63, 3.8) is 0 Å². The highest BCUT2D eigenvalue weighted by molar-refractivity contribution is 6.33. The molecule has 14 heavy (non-hydrogen) atoms. The van der Waals surface area contributed by atoms with Crippen LogP contribution >= 0.6 is 11.6 Å². The normalized spacial score (nSPS) is 10.9. The van der Waals surface area contributed by atoms with Crippen molar-refractivity contribution in [1.82, 2.24) is 9.78 Å². The summed E-state index contributed by atoms with van der Waals surface area (Å²) in [7, 11) is 1.68. The minimum atomic E-state index is -0.149. The minimum absolute atomic E-state index is 0.0333. The molecular weight excluding hydrogens is 204 g/mol. The van der Waals surface area contributed by atoms with E-state index in [4.69, 9.17) is 16.3 Å². The Morgan fingerprint density at radius 3 is 2.79 bits per heavy atom. The Hall–Kier alpha value is -0.870. The molecule has 0 aliphatic rings. The van der Waals surface area contributed by atoms with Gasteiger partial charge < -0.3 is 4.74 Å². The Morgan fingerprint density at radius 1 is 1.71 bits per heavy atom. The van der Waals surface area contributed by atoms with Crippen LogP contribution in [0, 0.1) is 0 Å². The molecule has 5 heteroatoms. The van der Waals surface area contributed by atoms with Crippen LogP contribution in [0.25, 0.3) is 0 Å². The van der Waals surface area contributed by atoms with Crippen molar-refractivity contribution >= 4 is 17.4 Å². The van der Waals surface area contributed by atoms with Crippen LogP contribution in [0.15, 0.2) is 6.20 Å². The molecule has 0 unspecified atom stereocenters. The second kappa shape index (κ2) is 4.57. The monoisotopic (exact) mass is 216 g/mol. The lowest BCUT2D eigenvalue weighted by Gasteiger charge is -2.06. The predicted molar refractivity (Wildman–Crippen MR) is 53.6 cm³/mol. The molecule has 0 aliphatic carbocycles. The number of hydrogen-bond donors (Lipinski definition) is 0. The van der Waals surface area contributed by atoms with Crippen molar-refractivity contribution in [2.24, 2.45) is 7.05 Å². The zero-order chi connectivity index (χ0) is 10.7. The molecule has 1 rings (SSSR count). The number of Topliss-reactive ketones (excluding diaryl/α,β-unsaturated/α-hetero) is 1. The van der Waals surface area contributed by atoms with E-state index in [2.05, 4.69) is 5.10 Å². The van der Waals surface area contributed by atoms with Crippen molar-refractivity contribution in [2.75, 3.05) is 6.61 Å². The SMILES string of the molecule is CC(C)OCC(=O)c1c(Cl)cnn1C. The van der Waals surface area contributed by atoms with Gasteiger partial charge in [-0.1, -0.05) is 11.6 Å². The van der Waals surface area contributed by atoms with E-state index in [1.807, 2.05) is 13.8 Å². The van der Waals surface area contributed by atoms with Crippen LogP contribution in [0.2, 0.25) is 5.02 Å². The van der Waals surface area contributed by atoms with E-state index in [1.165, 1.54) is 10.9 Å². The van der Waals surface area contributed by atoms with Crippen molar-refractivity contribution < 1.29 is 9.53 Å². The summed E-state index contributed by atoms with van der Waals surface area (Å²) in [6.07, 6.45) is 1.48. The highest BCUT2D eigenvalue weighted by Crippen LogP contribution is 2.14. The van der Waals surface area contributed by atoms with E-state index >= 15 is 0 Å². The number of nitrogens with zero attached hydrogens (tertiary/aromatic N) is 2. The van der Waals surface area contributed by atoms with Crippen LogP contribution in [-0.4, -0.2) is 28.3 Å². The van der Waals surface area contributed by atoms with Gasteiger partial charge in [-0.05, 0) is 13.8 Å². The molecule has 0 atom stereocenters. The van der Waals surface area contributed by atoms with E-state index in [1.54, 1.807) is 7.05 Å². The van der Waals surface area contributed by atoms with Gasteiger partial charge in [0.05, 0.1) is 17.3 Å². The first kappa shape index (κ1) is 11.2. The highest BCUT2D eigenvalue weighted by Gasteiger charge is 2.15. The van der Waals surface area contributed by atoms with Gasteiger partial charge in [0, 0.05) is 7.05 Å². The summed E-state index contributed by atoms with van der Waals surface area (Å²) in [5.74, 6) is -0.149. The van der Waals surface area contributed by atoms with Gasteiger partial charge in [-0.2, -0.15) is 5.10 Å². The van der Waals surface area contributed by atoms with Crippen LogP contribution in [-0.2, 0) is 11.8 Å². The van der Waals surface area contributed by atoms with Gasteiger partial charge in [-0.3, -0.25) is 9.48 Å². The second-order valence-electron chi connectivity index (χ2n) is 3.25. The van der Waals surface area contributed by atoms with Gasteiger partial charge in [0.1, 0.15) is 12.3 Å². The van der Waals surface area contributed by atoms with E-state index in [9.17, 15) is 4.79 Å². The first-order chi connectivity index (χ1) is 6.52. The lowest BCUT2D eigenvalue weighted by molar-refractivity contribution is 0.0577. The largest absolute Gasteiger partial charge is 0.371 e. The molecule has 0 bridgehead atoms. The fourth-order valence-corrected chi connectivity index (χ4v) is 1.31. The molecule has 0 N–H and O–H groups in total. The number of ether oxygens (including phenoxy) is 1. The Bertz CT molecular complexity index is 314. The number of carbonyl (C=O) groups excluding carboxylic acids is 1. The number of halogens is 1. The van der Waals surface area contributed by atoms with Crippen LogP contribution in [0.5, 0.6) is 0 Å². The number of aryl methyl sites for hydroxylation is 1. The van der Waals surface area contributed by atoms with Gasteiger partial charge in [-0.15, -0.1) is 0 Å². The summed E-state index contributed by atoms with van der Waals surface area (Å²) in [6, 6.07) is 0. The molecule has 0 saturated carbocycles. The maximum Gasteiger partial charge on any atom is 0.207 e. The molecule has 1 aromatic heterocycles. The zero-order valence-electron chi connectivity index (χ0n) is 8.45. The third-order valence-corrected chi connectivity index (χ3v) is 1.98. The molecule has 0 saturated heterocycles. The molecule has 0 spiro atoms. The average molecular weight is 217 g/mol. The van der Waals surface area contributed by atoms with Gasteiger partial charge in [0.25, 0.3) is 0 Å². The standard InChI is InChI=1S/C9H13ClN2O2/c1-6(2)14-5-8(13)9-7(10)4-11-12(9)3/h4,6H,5H2,1-3H3. The summed E-state index contributed by atoms with van der Waals surface area (Å²) in [6.45, 7) is 3.78. The van der Waals surface area contributed by atoms with Crippen molar-refractivity contribution in [3.8, 4) is 0 Å². The first-order valence-electron chi connectivity index (χ1n) is 4.34. The van der Waals surface area contributed by atoms with Crippen LogP contribution in [0.3, 0.4) is 0 Å². The topological polar surface area (TPSA) is 44.1 Å². The van der Waals surface area contributed by atoms with Gasteiger partial charge >= 0.3 is 0 Å². The molecular formula is C9H13ClN2O2. The maximum absolute atomic E-state index is 11.6. The van der Waals surface area contributed by atoms with Gasteiger partial charge in [0.15, 0.2) is 0 Å². The number of aromatic nitrogens is 2. The maximum atomic E-state index is 11.6. The van der Waals surface area contributed by atoms with E-state index in [0.717, 1.165) is 0 Å². The molecule has 0 aromatic carbocycles. The smallest absolute Gasteiger partial charge is 0.207 e. The summed E-state index contributed by atoms with van der Waals surface area (Å²) in [5, 5.41) is 4.24. The quantitative estimate of drug-likeness (QED) is 0.720. The Morgan fingerprint density at radius 2 is 2.36 bits per heavy atom. The summed E-state index contributed by atoms with van der Waals surface area (Å²) < 4.78 is 6.64. The Balaban J connectivity index is 2.70. The lowest BCUT2D eigenvalue weighted by Crippen LogP contribution is -2.16. The third-order valence-electron chi connectivity index (χ3n) is 1.71. The fourth-order valence-electron chi connectivity index (χ4n) is 1.04. The van der Waals surface area contributed by atoms with Crippen LogP contribution in [0.1, 0.15) is 24.3 Å². The Kier molecular flexibility index (Phi) is 3.66. The zero-order valence-corrected chi connectivity index (χ0v) is 9.21. The van der Waals surface area contributed by atoms with E-state index in [-0.39, 0.29) is 18.5 Å². The van der Waals surface area contributed by atoms with E-state index in [0.29, 0.717) is 10.7 Å². The van der Waals surface area contributed by atoms with Crippen LogP contribution in [0.4, 0.5) is 0 Å². The predicted octanol–water partition coefficient (Wildman–Crippen LogP) is 1.68. The number of carbonyl (C=O) groups is 1. The molecule has 1 aromatic rings. The number of hydrogen-bond acceptors (Lipinski definition) is 3. The first-order valence-corrected chi connectivity index (χ1v) is 4.72. The summed E-state index contributed by atoms with van der Waals surface area (Å²) in [4.78, 5) is 11.6. The van der Waals surface area contributed by atoms with Gasteiger partial charge in [-0.25, -0.2) is 0 Å². The number of rotatable bonds is 4. The number of ketones is 1. The molecule has 0 fully saturated rings. The molecule has 78 valence electrons. The third kappa shape index (κ3) is 2.56. The van der Waals surface area contributed by atoms with Gasteiger partial charge in [0.2, 0.25) is 5.78 Å². The molecule has 0 radical (unpaired) electrons. The second-order valence-corrected chi connectivity index (χ2v) is 3.65. The molecule has 1 heterocycles. The van der Waals surface area contributed by atoms with Crippen LogP contribution < -0.4 is 0 Å². The fraction of sp³-hybridized carbons (Fsp3) is 0.556. The lowest BCUT2D eigenvalue weighted by atomic mass is 10.3. The summed E-state index contributed by atoms with van der Waals surface area (Å²) >= 11 is 5.80. The average Bonchev–Trinajstić information content (AvgIpc) is 2.42. The van der Waals surface area contributed by atoms with Crippen molar-refractivity contribution in [2.45, 2.75) is 20.0 Å². The Labute approximate surface area is 87.8 Å². The minimum Gasteiger partial charge on any atom is -0.371 e. The van der Waals surface area contributed by atoms with Crippen molar-refractivity contribution in [3.05, 3.63) is 16.9 Å². The van der Waals surface area contributed by atoms with Crippen molar-refractivity contribution in [1.29, 1.82) is 0 Å². The molecule has 4 nitrogen and oxygen atoms in total. The molecule has 0 aliphatic heterocycles. The molecule has 0 amide bonds. The summed E-state index contributed by atoms with van der Waals surface area (Å²) in [5.41, 5.74) is 0.396. The van der Waals surface area contributed by atoms with E-state index < -0.39 is 0 Å².